The number of hydrogen-bond donors (Lipinski definition) is 1. The highest BCUT2D eigenvalue weighted by molar-refractivity contribution is 8.19. The van der Waals surface area contributed by atoms with Crippen molar-refractivity contribution in [2.45, 2.75) is 43.9 Å². The molecule has 1 aromatic carbocycles. The lowest BCUT2D eigenvalue weighted by atomic mass is 9.48. The lowest BCUT2D eigenvalue weighted by Gasteiger charge is -2.56. The number of nitrogens with one attached hydrogen (secondary N) is 1. The fraction of sp³-hybridized carbons (Fsp3) is 0.345. The van der Waals surface area contributed by atoms with Crippen molar-refractivity contribution in [3.05, 3.63) is 77.2 Å². The van der Waals surface area contributed by atoms with Gasteiger partial charge in [0.1, 0.15) is 0 Å². The van der Waals surface area contributed by atoms with Gasteiger partial charge in [0.15, 0.2) is 5.17 Å². The lowest BCUT2D eigenvalue weighted by Crippen LogP contribution is -2.49. The monoisotopic (exact) mass is 537 g/mol. The summed E-state index contributed by atoms with van der Waals surface area (Å²) in [6.07, 6.45) is 15.2. The Morgan fingerprint density at radius 1 is 0.949 bits per heavy atom. The molecule has 4 aromatic rings. The predicted molar refractivity (Wildman–Crippen MR) is 148 cm³/mol. The van der Waals surface area contributed by atoms with Crippen LogP contribution in [0.1, 0.15) is 49.8 Å². The van der Waals surface area contributed by atoms with Crippen LogP contribution >= 0.6 is 11.8 Å². The van der Waals surface area contributed by atoms with Crippen molar-refractivity contribution in [3.8, 4) is 11.5 Å². The van der Waals surface area contributed by atoms with Crippen LogP contribution in [0.15, 0.2) is 70.6 Å². The number of amidine groups is 1. The van der Waals surface area contributed by atoms with Crippen molar-refractivity contribution >= 4 is 34.7 Å². The van der Waals surface area contributed by atoms with Gasteiger partial charge in [-0.25, -0.2) is 14.2 Å². The number of benzene rings is 1. The first-order valence-corrected chi connectivity index (χ1v) is 14.3. The molecule has 0 atom stereocenters. The van der Waals surface area contributed by atoms with Gasteiger partial charge in [-0.1, -0.05) is 18.2 Å². The highest BCUT2D eigenvalue weighted by atomic mass is 32.2. The fourth-order valence-corrected chi connectivity index (χ4v) is 8.63. The molecule has 0 unspecified atom stereocenters. The molecule has 5 fully saturated rings. The predicted octanol–water partition coefficient (Wildman–Crippen LogP) is 5.57. The molecule has 0 spiro atoms. The summed E-state index contributed by atoms with van der Waals surface area (Å²) in [6, 6.07) is 13.9. The Morgan fingerprint density at radius 3 is 2.31 bits per heavy atom. The average Bonchev–Trinajstić information content (AvgIpc) is 3.72. The number of aromatic nitrogens is 5. The molecule has 9 rings (SSSR count). The summed E-state index contributed by atoms with van der Waals surface area (Å²) in [4.78, 5) is 15.5. The Bertz CT molecular complexity index is 1580. The molecule has 1 saturated heterocycles. The van der Waals surface area contributed by atoms with Crippen molar-refractivity contribution < 1.29 is 9.42 Å². The van der Waals surface area contributed by atoms with Crippen LogP contribution in [0.4, 0.5) is 5.82 Å². The third-order valence-electron chi connectivity index (χ3n) is 8.93. The molecule has 196 valence electrons. The van der Waals surface area contributed by atoms with Gasteiger partial charge in [-0.15, -0.1) is 0 Å². The van der Waals surface area contributed by atoms with E-state index in [0.29, 0.717) is 10.7 Å². The number of thioether (sulfide) groups is 1. The highest BCUT2D eigenvalue weighted by Crippen LogP contribution is 2.61. The molecule has 1 aliphatic heterocycles. The smallest absolute Gasteiger partial charge is 0.272 e. The Balaban J connectivity index is 1.21. The van der Waals surface area contributed by atoms with Crippen LogP contribution in [-0.4, -0.2) is 35.7 Å². The summed E-state index contributed by atoms with van der Waals surface area (Å²) in [5.41, 5.74) is 3.12. The van der Waals surface area contributed by atoms with Gasteiger partial charge in [0.2, 0.25) is 11.6 Å². The third kappa shape index (κ3) is 3.65. The van der Waals surface area contributed by atoms with Crippen molar-refractivity contribution in [1.29, 1.82) is 5.41 Å². The minimum Gasteiger partial charge on any atom is -0.303 e. The quantitative estimate of drug-likeness (QED) is 0.334. The van der Waals surface area contributed by atoms with Crippen molar-refractivity contribution in [1.82, 2.24) is 24.7 Å². The van der Waals surface area contributed by atoms with E-state index in [1.54, 1.807) is 17.0 Å². The summed E-state index contributed by atoms with van der Waals surface area (Å²) in [6.45, 7) is 0. The summed E-state index contributed by atoms with van der Waals surface area (Å²) in [7, 11) is 0. The first-order valence-electron chi connectivity index (χ1n) is 13.5. The fourth-order valence-electron chi connectivity index (χ4n) is 7.80. The molecule has 4 heterocycles. The van der Waals surface area contributed by atoms with Crippen LogP contribution < -0.4 is 4.90 Å². The van der Waals surface area contributed by atoms with Gasteiger partial charge >= 0.3 is 0 Å². The van der Waals surface area contributed by atoms with E-state index in [4.69, 9.17) is 15.1 Å². The molecule has 0 radical (unpaired) electrons. The van der Waals surface area contributed by atoms with Crippen LogP contribution in [0.2, 0.25) is 0 Å². The largest absolute Gasteiger partial charge is 0.303 e. The molecular formula is C29H27N7O2S. The van der Waals surface area contributed by atoms with Crippen molar-refractivity contribution in [2.75, 3.05) is 4.90 Å². The number of hydrogen-bond acceptors (Lipinski definition) is 7. The first kappa shape index (κ1) is 23.0. The van der Waals surface area contributed by atoms with E-state index in [2.05, 4.69) is 28.6 Å². The Morgan fingerprint density at radius 2 is 1.62 bits per heavy atom. The zero-order chi connectivity index (χ0) is 26.1. The third-order valence-corrected chi connectivity index (χ3v) is 9.82. The Labute approximate surface area is 229 Å². The van der Waals surface area contributed by atoms with E-state index < -0.39 is 0 Å². The zero-order valence-electron chi connectivity index (χ0n) is 21.2. The average molecular weight is 538 g/mol. The van der Waals surface area contributed by atoms with E-state index in [1.165, 1.54) is 43.4 Å². The van der Waals surface area contributed by atoms with Crippen molar-refractivity contribution in [3.63, 3.8) is 0 Å². The molecule has 4 saturated carbocycles. The topological polar surface area (TPSA) is 106 Å². The number of amides is 1. The molecule has 1 N–H and O–H groups in total. The van der Waals surface area contributed by atoms with E-state index >= 15 is 0 Å². The molecule has 10 heteroatoms. The zero-order valence-corrected chi connectivity index (χ0v) is 22.1. The summed E-state index contributed by atoms with van der Waals surface area (Å²) in [5, 5.41) is 21.9. The molecule has 9 nitrogen and oxygen atoms in total. The number of carbonyl (C=O) groups is 1. The second kappa shape index (κ2) is 8.54. The molecule has 4 bridgehead atoms. The SMILES string of the molecule is N=C1S/C(=C\c2cn(-c3ccccc3)nc2C23CC4CC(CC(C4)C2)C3)C(=O)N1c1nonc1-n1cccc1. The highest BCUT2D eigenvalue weighted by Gasteiger charge is 2.53. The van der Waals surface area contributed by atoms with Crippen LogP contribution in [0.5, 0.6) is 0 Å². The molecule has 39 heavy (non-hydrogen) atoms. The number of nitrogens with zero attached hydrogens (tertiary/aromatic N) is 6. The maximum Gasteiger partial charge on any atom is 0.272 e. The van der Waals surface area contributed by atoms with Gasteiger partial charge in [-0.2, -0.15) is 5.10 Å². The van der Waals surface area contributed by atoms with E-state index in [9.17, 15) is 4.79 Å². The summed E-state index contributed by atoms with van der Waals surface area (Å²) in [5.74, 6) is 2.59. The van der Waals surface area contributed by atoms with Crippen LogP contribution in [0.3, 0.4) is 0 Å². The lowest BCUT2D eigenvalue weighted by molar-refractivity contribution is -0.113. The maximum absolute atomic E-state index is 13.7. The number of para-hydroxylation sites is 1. The number of carbonyl (C=O) groups excluding carboxylic acids is 1. The minimum atomic E-state index is -0.307. The number of rotatable bonds is 5. The van der Waals surface area contributed by atoms with Crippen LogP contribution in [0, 0.1) is 23.2 Å². The van der Waals surface area contributed by atoms with Gasteiger partial charge in [-0.05, 0) is 109 Å². The maximum atomic E-state index is 13.7. The van der Waals surface area contributed by atoms with E-state index in [-0.39, 0.29) is 22.3 Å². The normalized spacial score (nSPS) is 28.8. The van der Waals surface area contributed by atoms with Crippen LogP contribution in [-0.2, 0) is 10.2 Å². The van der Waals surface area contributed by atoms with Gasteiger partial charge in [0.25, 0.3) is 5.91 Å². The Kier molecular flexibility index (Phi) is 5.04. The second-order valence-corrected chi connectivity index (χ2v) is 12.5. The summed E-state index contributed by atoms with van der Waals surface area (Å²) >= 11 is 1.14. The van der Waals surface area contributed by atoms with Gasteiger partial charge in [-0.3, -0.25) is 10.2 Å². The molecule has 4 aliphatic carbocycles. The van der Waals surface area contributed by atoms with E-state index in [0.717, 1.165) is 46.5 Å². The van der Waals surface area contributed by atoms with Crippen LogP contribution in [0.25, 0.3) is 17.6 Å². The standard InChI is InChI=1S/C29H27N7O2S/c30-28-36(26-25(32-38-33-26)34-8-4-5-9-34)27(37)23(39-28)13-21-17-35(22-6-2-1-3-7-22)31-24(21)29-14-18-10-19(15-29)12-20(11-18)16-29/h1-9,13,17-20,30H,10-12,14-16H2/b23-13-,30-28?. The molecular weight excluding hydrogens is 510 g/mol. The van der Waals surface area contributed by atoms with Crippen molar-refractivity contribution in [2.24, 2.45) is 17.8 Å². The minimum absolute atomic E-state index is 0.0539. The first-order chi connectivity index (χ1) is 19.1. The second-order valence-electron chi connectivity index (χ2n) is 11.5. The Hall–Kier alpha value is -3.92. The van der Waals surface area contributed by atoms with E-state index in [1.807, 2.05) is 41.1 Å². The molecule has 1 amide bonds. The molecule has 3 aromatic heterocycles. The van der Waals surface area contributed by atoms with Gasteiger partial charge in [0, 0.05) is 29.6 Å². The number of anilines is 1. The summed E-state index contributed by atoms with van der Waals surface area (Å²) < 4.78 is 8.66. The molecule has 5 aliphatic rings. The van der Waals surface area contributed by atoms with Gasteiger partial charge < -0.3 is 4.57 Å². The van der Waals surface area contributed by atoms with Gasteiger partial charge in [0.05, 0.1) is 16.3 Å².